The van der Waals surface area contributed by atoms with Gasteiger partial charge in [-0.15, -0.1) is 11.3 Å². The van der Waals surface area contributed by atoms with Gasteiger partial charge >= 0.3 is 0 Å². The standard InChI is InChI=1S/C15H25N3O2S/c1-17-8-3-2-4-13(17)5-6-15(20)18(9-10-19)12-14-16-7-11-21-14/h7,11,13,19H,2-6,8-10,12H2,1H3. The van der Waals surface area contributed by atoms with Crippen LogP contribution in [0.25, 0.3) is 0 Å². The van der Waals surface area contributed by atoms with Gasteiger partial charge in [0.2, 0.25) is 5.91 Å². The van der Waals surface area contributed by atoms with Crippen molar-refractivity contribution in [2.24, 2.45) is 0 Å². The van der Waals surface area contributed by atoms with Crippen molar-refractivity contribution in [2.75, 3.05) is 26.7 Å². The Kier molecular flexibility index (Phi) is 6.60. The van der Waals surface area contributed by atoms with E-state index in [0.29, 0.717) is 25.6 Å². The van der Waals surface area contributed by atoms with E-state index < -0.39 is 0 Å². The number of rotatable bonds is 7. The number of aliphatic hydroxyl groups excluding tert-OH is 1. The molecule has 21 heavy (non-hydrogen) atoms. The number of hydrogen-bond donors (Lipinski definition) is 1. The molecule has 1 N–H and O–H groups in total. The number of aliphatic hydroxyl groups is 1. The van der Waals surface area contributed by atoms with Crippen molar-refractivity contribution in [1.82, 2.24) is 14.8 Å². The Morgan fingerprint density at radius 1 is 1.57 bits per heavy atom. The van der Waals surface area contributed by atoms with Gasteiger partial charge in [0.05, 0.1) is 13.2 Å². The molecule has 6 heteroatoms. The van der Waals surface area contributed by atoms with Gasteiger partial charge in [0, 0.05) is 30.6 Å². The maximum atomic E-state index is 12.4. The maximum absolute atomic E-state index is 12.4. The molecule has 1 aromatic rings. The first-order valence-electron chi connectivity index (χ1n) is 7.68. The van der Waals surface area contributed by atoms with Crippen LogP contribution in [0.15, 0.2) is 11.6 Å². The highest BCUT2D eigenvalue weighted by Crippen LogP contribution is 2.20. The van der Waals surface area contributed by atoms with Crippen molar-refractivity contribution >= 4 is 17.2 Å². The zero-order chi connectivity index (χ0) is 15.1. The van der Waals surface area contributed by atoms with Crippen molar-refractivity contribution in [3.63, 3.8) is 0 Å². The first-order chi connectivity index (χ1) is 10.2. The molecule has 0 spiro atoms. The number of carbonyl (C=O) groups excluding carboxylic acids is 1. The molecule has 1 unspecified atom stereocenters. The molecule has 1 fully saturated rings. The van der Waals surface area contributed by atoms with Gasteiger partial charge in [0.25, 0.3) is 0 Å². The topological polar surface area (TPSA) is 56.7 Å². The Labute approximate surface area is 130 Å². The van der Waals surface area contributed by atoms with Crippen LogP contribution in [0, 0.1) is 0 Å². The third-order valence-electron chi connectivity index (χ3n) is 4.15. The molecule has 1 aliphatic heterocycles. The van der Waals surface area contributed by atoms with Gasteiger partial charge in [0.1, 0.15) is 5.01 Å². The van der Waals surface area contributed by atoms with E-state index in [4.69, 9.17) is 5.11 Å². The number of amides is 1. The van der Waals surface area contributed by atoms with Gasteiger partial charge in [-0.2, -0.15) is 0 Å². The average Bonchev–Trinajstić information content (AvgIpc) is 2.99. The number of nitrogens with zero attached hydrogens (tertiary/aromatic N) is 3. The Balaban J connectivity index is 1.83. The van der Waals surface area contributed by atoms with E-state index in [2.05, 4.69) is 16.9 Å². The maximum Gasteiger partial charge on any atom is 0.223 e. The molecule has 1 amide bonds. The quantitative estimate of drug-likeness (QED) is 0.833. The van der Waals surface area contributed by atoms with Gasteiger partial charge in [-0.25, -0.2) is 4.98 Å². The minimum atomic E-state index is 0.000443. The summed E-state index contributed by atoms with van der Waals surface area (Å²) in [5.74, 6) is 0.123. The highest BCUT2D eigenvalue weighted by molar-refractivity contribution is 7.09. The fourth-order valence-corrected chi connectivity index (χ4v) is 3.49. The van der Waals surface area contributed by atoms with Crippen molar-refractivity contribution in [3.05, 3.63) is 16.6 Å². The first kappa shape index (κ1) is 16.4. The van der Waals surface area contributed by atoms with Crippen LogP contribution in [-0.4, -0.2) is 58.6 Å². The third-order valence-corrected chi connectivity index (χ3v) is 4.91. The van der Waals surface area contributed by atoms with E-state index in [1.165, 1.54) is 19.3 Å². The molecular formula is C15H25N3O2S. The van der Waals surface area contributed by atoms with Gasteiger partial charge in [-0.3, -0.25) is 4.79 Å². The number of thiazole rings is 1. The minimum absolute atomic E-state index is 0.000443. The summed E-state index contributed by atoms with van der Waals surface area (Å²) in [6.07, 6.45) is 6.94. The normalized spacial score (nSPS) is 19.6. The van der Waals surface area contributed by atoms with Crippen LogP contribution in [0.1, 0.15) is 37.1 Å². The second kappa shape index (κ2) is 8.46. The first-order valence-corrected chi connectivity index (χ1v) is 8.56. The molecule has 2 rings (SSSR count). The molecule has 0 aromatic carbocycles. The predicted molar refractivity (Wildman–Crippen MR) is 84.1 cm³/mol. The highest BCUT2D eigenvalue weighted by atomic mass is 32.1. The van der Waals surface area contributed by atoms with E-state index in [1.807, 2.05) is 5.38 Å². The monoisotopic (exact) mass is 311 g/mol. The number of aromatic nitrogens is 1. The summed E-state index contributed by atoms with van der Waals surface area (Å²) >= 11 is 1.55. The molecule has 1 aliphatic rings. The molecule has 0 radical (unpaired) electrons. The summed E-state index contributed by atoms with van der Waals surface area (Å²) in [6.45, 7) is 2.04. The molecule has 1 saturated heterocycles. The van der Waals surface area contributed by atoms with Crippen LogP contribution in [-0.2, 0) is 11.3 Å². The van der Waals surface area contributed by atoms with Gasteiger partial charge in [-0.05, 0) is 32.9 Å². The molecule has 1 aromatic heterocycles. The molecule has 0 saturated carbocycles. The van der Waals surface area contributed by atoms with Crippen molar-refractivity contribution < 1.29 is 9.90 Å². The van der Waals surface area contributed by atoms with Crippen molar-refractivity contribution in [2.45, 2.75) is 44.7 Å². The highest BCUT2D eigenvalue weighted by Gasteiger charge is 2.21. The number of carbonyl (C=O) groups is 1. The molecular weight excluding hydrogens is 286 g/mol. The van der Waals surface area contributed by atoms with Gasteiger partial charge < -0.3 is 14.9 Å². The summed E-state index contributed by atoms with van der Waals surface area (Å²) in [5.41, 5.74) is 0. The van der Waals surface area contributed by atoms with Crippen molar-refractivity contribution in [1.29, 1.82) is 0 Å². The number of hydrogen-bond acceptors (Lipinski definition) is 5. The Morgan fingerprint density at radius 2 is 2.43 bits per heavy atom. The largest absolute Gasteiger partial charge is 0.395 e. The second-order valence-corrected chi connectivity index (χ2v) is 6.61. The summed E-state index contributed by atoms with van der Waals surface area (Å²) < 4.78 is 0. The fourth-order valence-electron chi connectivity index (χ4n) is 2.86. The summed E-state index contributed by atoms with van der Waals surface area (Å²) in [6, 6.07) is 0.526. The van der Waals surface area contributed by atoms with E-state index in [-0.39, 0.29) is 12.5 Å². The fraction of sp³-hybridized carbons (Fsp3) is 0.733. The van der Waals surface area contributed by atoms with Gasteiger partial charge in [-0.1, -0.05) is 6.42 Å². The van der Waals surface area contributed by atoms with Crippen molar-refractivity contribution in [3.8, 4) is 0 Å². The lowest BCUT2D eigenvalue weighted by molar-refractivity contribution is -0.132. The molecule has 0 aliphatic carbocycles. The molecule has 1 atom stereocenters. The molecule has 2 heterocycles. The third kappa shape index (κ3) is 5.05. The van der Waals surface area contributed by atoms with Crippen LogP contribution in [0.2, 0.25) is 0 Å². The molecule has 0 bridgehead atoms. The van der Waals surface area contributed by atoms with Crippen LogP contribution in [0.4, 0.5) is 0 Å². The minimum Gasteiger partial charge on any atom is -0.395 e. The van der Waals surface area contributed by atoms with E-state index in [0.717, 1.165) is 18.0 Å². The van der Waals surface area contributed by atoms with Crippen LogP contribution >= 0.6 is 11.3 Å². The zero-order valence-corrected chi connectivity index (χ0v) is 13.5. The van der Waals surface area contributed by atoms with Crippen LogP contribution in [0.5, 0.6) is 0 Å². The number of piperidine rings is 1. The zero-order valence-electron chi connectivity index (χ0n) is 12.7. The Hall–Kier alpha value is -0.980. The Bertz CT molecular complexity index is 425. The number of likely N-dealkylation sites (tertiary alicyclic amines) is 1. The lowest BCUT2D eigenvalue weighted by atomic mass is 9.98. The average molecular weight is 311 g/mol. The second-order valence-electron chi connectivity index (χ2n) is 5.63. The summed E-state index contributed by atoms with van der Waals surface area (Å²) in [4.78, 5) is 20.7. The smallest absolute Gasteiger partial charge is 0.223 e. The lowest BCUT2D eigenvalue weighted by Gasteiger charge is -2.32. The molecule has 5 nitrogen and oxygen atoms in total. The molecule has 118 valence electrons. The summed E-state index contributed by atoms with van der Waals surface area (Å²) in [7, 11) is 2.15. The van der Waals surface area contributed by atoms with Crippen LogP contribution in [0.3, 0.4) is 0 Å². The van der Waals surface area contributed by atoms with Gasteiger partial charge in [0.15, 0.2) is 0 Å². The van der Waals surface area contributed by atoms with E-state index in [1.54, 1.807) is 22.4 Å². The van der Waals surface area contributed by atoms with E-state index >= 15 is 0 Å². The Morgan fingerprint density at radius 3 is 3.10 bits per heavy atom. The predicted octanol–water partition coefficient (Wildman–Crippen LogP) is 1.73. The van der Waals surface area contributed by atoms with E-state index in [9.17, 15) is 4.79 Å². The van der Waals surface area contributed by atoms with Crippen LogP contribution < -0.4 is 0 Å². The summed E-state index contributed by atoms with van der Waals surface area (Å²) in [5, 5.41) is 12.0. The SMILES string of the molecule is CN1CCCCC1CCC(=O)N(CCO)Cc1nccs1. The lowest BCUT2D eigenvalue weighted by Crippen LogP contribution is -2.38.